The van der Waals surface area contributed by atoms with E-state index in [0.717, 1.165) is 45.3 Å². The van der Waals surface area contributed by atoms with Gasteiger partial charge in [-0.25, -0.2) is 4.39 Å². The smallest absolute Gasteiger partial charge is 0.295 e. The Morgan fingerprint density at radius 2 is 1.58 bits per heavy atom. The van der Waals surface area contributed by atoms with Gasteiger partial charge < -0.3 is 24.4 Å². The number of hydrogen-bond acceptors (Lipinski definition) is 6. The third kappa shape index (κ3) is 6.72. The summed E-state index contributed by atoms with van der Waals surface area (Å²) in [7, 11) is 3.04. The molecule has 1 unspecified atom stereocenters. The van der Waals surface area contributed by atoms with Crippen LogP contribution in [0.1, 0.15) is 63.1 Å². The summed E-state index contributed by atoms with van der Waals surface area (Å²) in [6.07, 6.45) is 5.10. The number of likely N-dealkylation sites (tertiary alicyclic amines) is 1. The Balaban J connectivity index is 2.00. The van der Waals surface area contributed by atoms with Crippen LogP contribution in [0.25, 0.3) is 5.76 Å². The molecule has 1 amide bonds. The fourth-order valence-corrected chi connectivity index (χ4v) is 4.81. The highest BCUT2D eigenvalue weighted by molar-refractivity contribution is 6.46. The van der Waals surface area contributed by atoms with Crippen LogP contribution in [0, 0.1) is 5.82 Å². The Kier molecular flexibility index (Phi) is 10.7. The first kappa shape index (κ1) is 29.2. The van der Waals surface area contributed by atoms with Crippen molar-refractivity contribution >= 4 is 17.4 Å². The number of aliphatic hydroxyl groups is 1. The molecule has 0 radical (unpaired) electrons. The van der Waals surface area contributed by atoms with Gasteiger partial charge in [0, 0.05) is 23.7 Å². The number of halogens is 1. The number of hydrogen-bond donors (Lipinski definition) is 1. The van der Waals surface area contributed by atoms with Crippen LogP contribution in [0.5, 0.6) is 11.5 Å². The normalized spacial score (nSPS) is 16.9. The predicted octanol–water partition coefficient (Wildman–Crippen LogP) is 5.56. The number of nitrogens with zero attached hydrogens (tertiary/aromatic N) is 2. The highest BCUT2D eigenvalue weighted by Crippen LogP contribution is 2.43. The molecule has 206 valence electrons. The summed E-state index contributed by atoms with van der Waals surface area (Å²) in [6, 6.07) is 9.48. The van der Waals surface area contributed by atoms with Crippen LogP contribution in [0.2, 0.25) is 0 Å². The summed E-state index contributed by atoms with van der Waals surface area (Å²) in [5, 5.41) is 11.2. The van der Waals surface area contributed by atoms with E-state index >= 15 is 0 Å². The molecule has 7 nitrogen and oxygen atoms in total. The number of aliphatic hydroxyl groups excluding tert-OH is 1. The lowest BCUT2D eigenvalue weighted by Gasteiger charge is -2.28. The highest BCUT2D eigenvalue weighted by Gasteiger charge is 2.46. The summed E-state index contributed by atoms with van der Waals surface area (Å²) in [5.74, 6) is -1.27. The maximum atomic E-state index is 13.5. The number of benzene rings is 2. The van der Waals surface area contributed by atoms with E-state index in [1.165, 1.54) is 43.4 Å². The molecule has 0 saturated carbocycles. The maximum absolute atomic E-state index is 13.5. The molecule has 1 N–H and O–H groups in total. The first-order valence-corrected chi connectivity index (χ1v) is 13.3. The topological polar surface area (TPSA) is 79.3 Å². The van der Waals surface area contributed by atoms with Gasteiger partial charge in [0.1, 0.15) is 23.1 Å². The molecule has 0 aliphatic carbocycles. The zero-order valence-electron chi connectivity index (χ0n) is 22.8. The fraction of sp³-hybridized carbons (Fsp3) is 0.467. The van der Waals surface area contributed by atoms with Crippen molar-refractivity contribution < 1.29 is 28.6 Å². The molecule has 0 spiro atoms. The number of Topliss-reactive ketones (excluding diaryl/α,β-unsaturated/α-hetero) is 1. The average Bonchev–Trinajstić information content (AvgIpc) is 3.18. The Hall–Kier alpha value is -3.39. The molecule has 1 aliphatic heterocycles. The molecule has 1 atom stereocenters. The second kappa shape index (κ2) is 14.0. The number of unbranched alkanes of at least 4 members (excludes halogenated alkanes) is 2. The van der Waals surface area contributed by atoms with Crippen molar-refractivity contribution in [2.75, 3.05) is 40.4 Å². The summed E-state index contributed by atoms with van der Waals surface area (Å²) < 4.78 is 24.5. The largest absolute Gasteiger partial charge is 0.507 e. The van der Waals surface area contributed by atoms with Gasteiger partial charge in [0.05, 0.1) is 25.8 Å². The van der Waals surface area contributed by atoms with Crippen molar-refractivity contribution in [3.05, 3.63) is 65.0 Å². The van der Waals surface area contributed by atoms with E-state index in [4.69, 9.17) is 9.47 Å². The van der Waals surface area contributed by atoms with Gasteiger partial charge in [-0.3, -0.25) is 9.59 Å². The molecule has 1 heterocycles. The van der Waals surface area contributed by atoms with E-state index in [1.807, 2.05) is 0 Å². The summed E-state index contributed by atoms with van der Waals surface area (Å²) in [6.45, 7) is 7.46. The summed E-state index contributed by atoms with van der Waals surface area (Å²) >= 11 is 0. The highest BCUT2D eigenvalue weighted by atomic mass is 19.1. The minimum atomic E-state index is -0.861. The number of methoxy groups -OCH3 is 2. The van der Waals surface area contributed by atoms with Crippen molar-refractivity contribution in [3.63, 3.8) is 0 Å². The first-order valence-electron chi connectivity index (χ1n) is 13.3. The van der Waals surface area contributed by atoms with Gasteiger partial charge in [-0.15, -0.1) is 0 Å². The average molecular weight is 527 g/mol. The van der Waals surface area contributed by atoms with Gasteiger partial charge >= 0.3 is 0 Å². The maximum Gasteiger partial charge on any atom is 0.295 e. The van der Waals surface area contributed by atoms with Crippen LogP contribution in [0.3, 0.4) is 0 Å². The third-order valence-corrected chi connectivity index (χ3v) is 6.92. The molecule has 0 aromatic heterocycles. The Labute approximate surface area is 224 Å². The first-order chi connectivity index (χ1) is 18.4. The predicted molar refractivity (Wildman–Crippen MR) is 146 cm³/mol. The zero-order chi connectivity index (χ0) is 27.7. The lowest BCUT2D eigenvalue weighted by Crippen LogP contribution is -2.34. The lowest BCUT2D eigenvalue weighted by molar-refractivity contribution is -0.140. The van der Waals surface area contributed by atoms with Crippen molar-refractivity contribution in [1.29, 1.82) is 0 Å². The molecule has 2 aromatic rings. The van der Waals surface area contributed by atoms with E-state index in [0.29, 0.717) is 30.0 Å². The molecule has 1 fully saturated rings. The minimum Gasteiger partial charge on any atom is -0.507 e. The second-order valence-electron chi connectivity index (χ2n) is 9.51. The van der Waals surface area contributed by atoms with Gasteiger partial charge in [0.2, 0.25) is 0 Å². The number of rotatable bonds is 14. The number of carbonyl (C=O) groups is 2. The third-order valence-electron chi connectivity index (χ3n) is 6.92. The standard InChI is InChI=1S/C30H39FN2O5/c1-5-7-16-32(17-8-6-2)18-9-19-33-27(24-15-14-23(37-3)20-25(24)38-4)26(29(35)30(33)36)28(34)21-10-12-22(31)13-11-21/h10-15,20,27,34H,5-9,16-19H2,1-4H3/b28-26-. The van der Waals surface area contributed by atoms with Crippen LogP contribution in [-0.4, -0.2) is 67.0 Å². The molecular weight excluding hydrogens is 487 g/mol. The molecule has 1 saturated heterocycles. The summed E-state index contributed by atoms with van der Waals surface area (Å²) in [4.78, 5) is 30.6. The van der Waals surface area contributed by atoms with E-state index < -0.39 is 23.5 Å². The van der Waals surface area contributed by atoms with Gasteiger partial charge in [0.15, 0.2) is 0 Å². The Morgan fingerprint density at radius 3 is 2.16 bits per heavy atom. The monoisotopic (exact) mass is 526 g/mol. The number of carbonyl (C=O) groups excluding carboxylic acids is 2. The van der Waals surface area contributed by atoms with Crippen molar-refractivity contribution in [3.8, 4) is 11.5 Å². The number of amides is 1. The Bertz CT molecular complexity index is 1120. The second-order valence-corrected chi connectivity index (χ2v) is 9.51. The van der Waals surface area contributed by atoms with Crippen molar-refractivity contribution in [1.82, 2.24) is 9.80 Å². The summed E-state index contributed by atoms with van der Waals surface area (Å²) in [5.41, 5.74) is 0.774. The van der Waals surface area contributed by atoms with Crippen LogP contribution < -0.4 is 9.47 Å². The SMILES string of the molecule is CCCCN(CCCC)CCCN1C(=O)C(=O)/C(=C(\O)c2ccc(F)cc2)C1c1ccc(OC)cc1OC. The van der Waals surface area contributed by atoms with Crippen LogP contribution in [-0.2, 0) is 9.59 Å². The quantitative estimate of drug-likeness (QED) is 0.197. The fourth-order valence-electron chi connectivity index (χ4n) is 4.81. The van der Waals surface area contributed by atoms with E-state index in [1.54, 1.807) is 18.2 Å². The lowest BCUT2D eigenvalue weighted by atomic mass is 9.94. The molecule has 1 aliphatic rings. The molecular formula is C30H39FN2O5. The number of ketones is 1. The van der Waals surface area contributed by atoms with Gasteiger partial charge in [-0.1, -0.05) is 26.7 Å². The van der Waals surface area contributed by atoms with Gasteiger partial charge in [-0.05, 0) is 75.3 Å². The van der Waals surface area contributed by atoms with E-state index in [2.05, 4.69) is 18.7 Å². The van der Waals surface area contributed by atoms with Crippen molar-refractivity contribution in [2.24, 2.45) is 0 Å². The molecule has 38 heavy (non-hydrogen) atoms. The van der Waals surface area contributed by atoms with Crippen LogP contribution in [0.4, 0.5) is 4.39 Å². The molecule has 8 heteroatoms. The van der Waals surface area contributed by atoms with Gasteiger partial charge in [-0.2, -0.15) is 0 Å². The van der Waals surface area contributed by atoms with E-state index in [9.17, 15) is 19.1 Å². The minimum absolute atomic E-state index is 0.0427. The van der Waals surface area contributed by atoms with Crippen LogP contribution >= 0.6 is 0 Å². The zero-order valence-corrected chi connectivity index (χ0v) is 22.8. The van der Waals surface area contributed by atoms with Crippen molar-refractivity contribution in [2.45, 2.75) is 52.0 Å². The van der Waals surface area contributed by atoms with Crippen LogP contribution in [0.15, 0.2) is 48.0 Å². The molecule has 3 rings (SSSR count). The molecule has 2 aromatic carbocycles. The van der Waals surface area contributed by atoms with E-state index in [-0.39, 0.29) is 16.9 Å². The number of ether oxygens (including phenoxy) is 2. The molecule has 0 bridgehead atoms. The van der Waals surface area contributed by atoms with Gasteiger partial charge in [0.25, 0.3) is 11.7 Å². The Morgan fingerprint density at radius 1 is 0.947 bits per heavy atom.